The highest BCUT2D eigenvalue weighted by atomic mass is 19.2. The van der Waals surface area contributed by atoms with Crippen molar-refractivity contribution in [2.24, 2.45) is 0 Å². The van der Waals surface area contributed by atoms with E-state index in [2.05, 4.69) is 5.32 Å². The summed E-state index contributed by atoms with van der Waals surface area (Å²) in [4.78, 5) is 11.6. The fourth-order valence-electron chi connectivity index (χ4n) is 1.37. The van der Waals surface area contributed by atoms with E-state index in [9.17, 15) is 18.0 Å². The van der Waals surface area contributed by atoms with Crippen LogP contribution in [0.3, 0.4) is 0 Å². The van der Waals surface area contributed by atoms with Gasteiger partial charge in [-0.25, -0.2) is 13.2 Å². The molecule has 0 bridgehead atoms. The third kappa shape index (κ3) is 3.23. The maximum absolute atomic E-state index is 13.3. The second-order valence-corrected chi connectivity index (χ2v) is 3.69. The first-order valence-electron chi connectivity index (χ1n) is 5.32. The molecular weight excluding hydrogens is 245 g/mol. The Labute approximate surface area is 102 Å². The Hall–Kier alpha value is -2.03. The summed E-state index contributed by atoms with van der Waals surface area (Å²) in [7, 11) is 0. The zero-order valence-electron chi connectivity index (χ0n) is 9.64. The molecule has 0 aliphatic rings. The molecule has 1 N–H and O–H groups in total. The molecule has 0 spiro atoms. The summed E-state index contributed by atoms with van der Waals surface area (Å²) in [5, 5.41) is 10.9. The first-order chi connectivity index (χ1) is 8.49. The van der Waals surface area contributed by atoms with Crippen molar-refractivity contribution in [3.05, 3.63) is 35.1 Å². The molecule has 3 nitrogen and oxygen atoms in total. The second-order valence-electron chi connectivity index (χ2n) is 3.69. The van der Waals surface area contributed by atoms with Gasteiger partial charge in [0.2, 0.25) is 0 Å². The van der Waals surface area contributed by atoms with Gasteiger partial charge in [0.05, 0.1) is 18.1 Å². The van der Waals surface area contributed by atoms with Crippen LogP contribution in [0.2, 0.25) is 0 Å². The quantitative estimate of drug-likeness (QED) is 0.841. The first-order valence-corrected chi connectivity index (χ1v) is 5.32. The summed E-state index contributed by atoms with van der Waals surface area (Å²) in [6.45, 7) is 1.74. The Morgan fingerprint density at radius 2 is 1.94 bits per heavy atom. The normalized spacial score (nSPS) is 11.7. The van der Waals surface area contributed by atoms with Crippen LogP contribution >= 0.6 is 0 Å². The van der Waals surface area contributed by atoms with Gasteiger partial charge in [0, 0.05) is 12.1 Å². The Morgan fingerprint density at radius 1 is 1.33 bits per heavy atom. The van der Waals surface area contributed by atoms with Crippen molar-refractivity contribution in [2.45, 2.75) is 25.8 Å². The number of benzene rings is 1. The summed E-state index contributed by atoms with van der Waals surface area (Å²) in [5.74, 6) is -4.66. The highest BCUT2D eigenvalue weighted by molar-refractivity contribution is 5.94. The molecule has 0 heterocycles. The zero-order valence-corrected chi connectivity index (χ0v) is 9.64. The SMILES string of the molecule is CC[C@H](CC#N)NC(=O)c1cc(F)c(F)cc1F. The number of amides is 1. The molecule has 96 valence electrons. The molecular formula is C12H11F3N2O. The second kappa shape index (κ2) is 6.05. The van der Waals surface area contributed by atoms with Crippen LogP contribution in [-0.4, -0.2) is 11.9 Å². The predicted octanol–water partition coefficient (Wildman–Crippen LogP) is 2.53. The van der Waals surface area contributed by atoms with Crippen LogP contribution in [0, 0.1) is 28.8 Å². The van der Waals surface area contributed by atoms with Crippen molar-refractivity contribution in [2.75, 3.05) is 0 Å². The van der Waals surface area contributed by atoms with Crippen LogP contribution < -0.4 is 5.32 Å². The van der Waals surface area contributed by atoms with Gasteiger partial charge in [-0.1, -0.05) is 6.92 Å². The number of nitriles is 1. The molecule has 1 atom stereocenters. The van der Waals surface area contributed by atoms with Gasteiger partial charge in [0.25, 0.3) is 5.91 Å². The first kappa shape index (κ1) is 14.0. The minimum absolute atomic E-state index is 0.0630. The summed E-state index contributed by atoms with van der Waals surface area (Å²) in [6.07, 6.45) is 0.540. The molecule has 6 heteroatoms. The minimum atomic E-state index is -1.35. The molecule has 1 aromatic carbocycles. The zero-order chi connectivity index (χ0) is 13.7. The van der Waals surface area contributed by atoms with Crippen molar-refractivity contribution in [3.8, 4) is 6.07 Å². The number of carbonyl (C=O) groups excluding carboxylic acids is 1. The Kier molecular flexibility index (Phi) is 4.72. The molecule has 0 fully saturated rings. The number of nitrogens with one attached hydrogen (secondary N) is 1. The third-order valence-electron chi connectivity index (χ3n) is 2.42. The molecule has 0 aliphatic heterocycles. The molecule has 0 saturated carbocycles. The topological polar surface area (TPSA) is 52.9 Å². The number of nitrogens with zero attached hydrogens (tertiary/aromatic N) is 1. The van der Waals surface area contributed by atoms with E-state index in [1.165, 1.54) is 0 Å². The number of rotatable bonds is 4. The van der Waals surface area contributed by atoms with E-state index in [1.807, 2.05) is 6.07 Å². The summed E-state index contributed by atoms with van der Waals surface area (Å²) < 4.78 is 38.9. The Morgan fingerprint density at radius 3 is 2.50 bits per heavy atom. The standard InChI is InChI=1S/C12H11F3N2O/c1-2-7(3-4-16)17-12(18)8-5-10(14)11(15)6-9(8)13/h5-7H,2-3H2,1H3,(H,17,18)/t7-/m1/s1. The predicted molar refractivity (Wildman–Crippen MR) is 58.1 cm³/mol. The number of carbonyl (C=O) groups is 1. The molecule has 1 amide bonds. The van der Waals surface area contributed by atoms with Gasteiger partial charge >= 0.3 is 0 Å². The van der Waals surface area contributed by atoms with Crippen LogP contribution in [0.25, 0.3) is 0 Å². The minimum Gasteiger partial charge on any atom is -0.348 e. The highest BCUT2D eigenvalue weighted by Gasteiger charge is 2.18. The Bertz CT molecular complexity index is 497. The lowest BCUT2D eigenvalue weighted by molar-refractivity contribution is 0.0932. The van der Waals surface area contributed by atoms with Gasteiger partial charge in [-0.2, -0.15) is 5.26 Å². The molecule has 0 aliphatic carbocycles. The van der Waals surface area contributed by atoms with E-state index in [1.54, 1.807) is 6.92 Å². The third-order valence-corrected chi connectivity index (χ3v) is 2.42. The number of hydrogen-bond acceptors (Lipinski definition) is 2. The number of halogens is 3. The average Bonchev–Trinajstić information content (AvgIpc) is 2.33. The van der Waals surface area contributed by atoms with Crippen LogP contribution in [0.5, 0.6) is 0 Å². The fraction of sp³-hybridized carbons (Fsp3) is 0.333. The van der Waals surface area contributed by atoms with E-state index in [0.717, 1.165) is 0 Å². The lowest BCUT2D eigenvalue weighted by Gasteiger charge is -2.13. The monoisotopic (exact) mass is 256 g/mol. The van der Waals surface area contributed by atoms with E-state index < -0.39 is 35.0 Å². The van der Waals surface area contributed by atoms with Crippen molar-refractivity contribution in [1.82, 2.24) is 5.32 Å². The summed E-state index contributed by atoms with van der Waals surface area (Å²) in [6, 6.07) is 2.23. The average molecular weight is 256 g/mol. The molecule has 0 aromatic heterocycles. The molecule has 0 radical (unpaired) electrons. The molecule has 1 aromatic rings. The fourth-order valence-corrected chi connectivity index (χ4v) is 1.37. The van der Waals surface area contributed by atoms with Crippen molar-refractivity contribution < 1.29 is 18.0 Å². The Balaban J connectivity index is 2.91. The van der Waals surface area contributed by atoms with E-state index in [4.69, 9.17) is 5.26 Å². The van der Waals surface area contributed by atoms with Crippen molar-refractivity contribution in [1.29, 1.82) is 5.26 Å². The van der Waals surface area contributed by atoms with Crippen LogP contribution in [0.15, 0.2) is 12.1 Å². The lowest BCUT2D eigenvalue weighted by atomic mass is 10.1. The van der Waals surface area contributed by atoms with Gasteiger partial charge in [-0.05, 0) is 12.5 Å². The van der Waals surface area contributed by atoms with Gasteiger partial charge in [-0.3, -0.25) is 4.79 Å². The van der Waals surface area contributed by atoms with Crippen LogP contribution in [0.1, 0.15) is 30.1 Å². The summed E-state index contributed by atoms with van der Waals surface area (Å²) in [5.41, 5.74) is -0.578. The van der Waals surface area contributed by atoms with Crippen molar-refractivity contribution >= 4 is 5.91 Å². The van der Waals surface area contributed by atoms with Gasteiger partial charge < -0.3 is 5.32 Å². The largest absolute Gasteiger partial charge is 0.348 e. The smallest absolute Gasteiger partial charge is 0.254 e. The lowest BCUT2D eigenvalue weighted by Crippen LogP contribution is -2.34. The van der Waals surface area contributed by atoms with Crippen LogP contribution in [-0.2, 0) is 0 Å². The van der Waals surface area contributed by atoms with E-state index in [0.29, 0.717) is 18.6 Å². The molecule has 0 unspecified atom stereocenters. The van der Waals surface area contributed by atoms with E-state index >= 15 is 0 Å². The molecule has 0 saturated heterocycles. The van der Waals surface area contributed by atoms with Crippen molar-refractivity contribution in [3.63, 3.8) is 0 Å². The maximum Gasteiger partial charge on any atom is 0.254 e. The molecule has 18 heavy (non-hydrogen) atoms. The maximum atomic E-state index is 13.3. The summed E-state index contributed by atoms with van der Waals surface area (Å²) >= 11 is 0. The van der Waals surface area contributed by atoms with Gasteiger partial charge in [0.1, 0.15) is 5.82 Å². The van der Waals surface area contributed by atoms with Gasteiger partial charge in [0.15, 0.2) is 11.6 Å². The molecule has 1 rings (SSSR count). The highest BCUT2D eigenvalue weighted by Crippen LogP contribution is 2.14. The van der Waals surface area contributed by atoms with Crippen LogP contribution in [0.4, 0.5) is 13.2 Å². The van der Waals surface area contributed by atoms with E-state index in [-0.39, 0.29) is 6.42 Å². The number of hydrogen-bond donors (Lipinski definition) is 1. The van der Waals surface area contributed by atoms with Gasteiger partial charge in [-0.15, -0.1) is 0 Å².